The predicted molar refractivity (Wildman–Crippen MR) is 147 cm³/mol. The molecular weight excluding hydrogens is 484 g/mol. The van der Waals surface area contributed by atoms with Crippen LogP contribution in [-0.2, 0) is 22.5 Å². The Morgan fingerprint density at radius 1 is 1.11 bits per heavy atom. The summed E-state index contributed by atoms with van der Waals surface area (Å²) in [5.41, 5.74) is 2.75. The van der Waals surface area contributed by atoms with E-state index in [4.69, 9.17) is 18.9 Å². The minimum Gasteiger partial charge on any atom is -0.497 e. The lowest BCUT2D eigenvalue weighted by Gasteiger charge is -2.26. The summed E-state index contributed by atoms with van der Waals surface area (Å²) in [5, 5.41) is 0.487. The number of ether oxygens (including phenoxy) is 4. The van der Waals surface area contributed by atoms with Crippen LogP contribution in [-0.4, -0.2) is 68.4 Å². The molecule has 0 N–H and O–H groups in total. The van der Waals surface area contributed by atoms with Crippen LogP contribution >= 0.6 is 0 Å². The third-order valence-electron chi connectivity index (χ3n) is 7.20. The first-order valence-electron chi connectivity index (χ1n) is 13.5. The summed E-state index contributed by atoms with van der Waals surface area (Å²) in [6, 6.07) is 9.39. The van der Waals surface area contributed by atoms with Gasteiger partial charge in [-0.1, -0.05) is 19.1 Å². The van der Waals surface area contributed by atoms with E-state index in [9.17, 15) is 9.59 Å². The molecule has 0 bridgehead atoms. The molecule has 0 aliphatic carbocycles. The largest absolute Gasteiger partial charge is 0.497 e. The van der Waals surface area contributed by atoms with Gasteiger partial charge in [0.1, 0.15) is 17.2 Å². The summed E-state index contributed by atoms with van der Waals surface area (Å²) >= 11 is 0. The van der Waals surface area contributed by atoms with Crippen molar-refractivity contribution in [1.82, 2.24) is 9.47 Å². The Morgan fingerprint density at radius 3 is 2.63 bits per heavy atom. The van der Waals surface area contributed by atoms with E-state index in [2.05, 4.69) is 4.90 Å². The molecule has 8 nitrogen and oxygen atoms in total. The van der Waals surface area contributed by atoms with Crippen molar-refractivity contribution in [1.29, 1.82) is 0 Å². The molecule has 1 saturated heterocycles. The van der Waals surface area contributed by atoms with E-state index in [1.54, 1.807) is 13.3 Å². The lowest BCUT2D eigenvalue weighted by molar-refractivity contribution is -0.119. The summed E-state index contributed by atoms with van der Waals surface area (Å²) in [4.78, 5) is 29.6. The second-order valence-electron chi connectivity index (χ2n) is 9.86. The van der Waals surface area contributed by atoms with Gasteiger partial charge in [-0.25, -0.2) is 0 Å². The number of rotatable bonds is 11. The van der Waals surface area contributed by atoms with Crippen molar-refractivity contribution in [3.8, 4) is 28.4 Å². The van der Waals surface area contributed by atoms with Gasteiger partial charge in [0.15, 0.2) is 5.78 Å². The average molecular weight is 521 g/mol. The highest BCUT2D eigenvalue weighted by Gasteiger charge is 2.26. The fraction of sp³-hybridized carbons (Fsp3) is 0.467. The van der Waals surface area contributed by atoms with E-state index in [1.165, 1.54) is 0 Å². The predicted octanol–water partition coefficient (Wildman–Crippen LogP) is 4.08. The fourth-order valence-electron chi connectivity index (χ4n) is 5.22. The molecule has 2 aromatic carbocycles. The van der Waals surface area contributed by atoms with Gasteiger partial charge in [-0.3, -0.25) is 14.5 Å². The minimum atomic E-state index is -0.124. The average Bonchev–Trinajstić information content (AvgIpc) is 3.42. The quantitative estimate of drug-likeness (QED) is 0.377. The molecule has 0 radical (unpaired) electrons. The van der Waals surface area contributed by atoms with Crippen molar-refractivity contribution in [3.05, 3.63) is 52.3 Å². The minimum absolute atomic E-state index is 0.117. The Balaban J connectivity index is 1.54. The Bertz CT molecular complexity index is 1340. The van der Waals surface area contributed by atoms with Gasteiger partial charge in [0.05, 0.1) is 51.0 Å². The van der Waals surface area contributed by atoms with Crippen LogP contribution in [0.4, 0.5) is 0 Å². The van der Waals surface area contributed by atoms with Crippen LogP contribution in [0.1, 0.15) is 31.7 Å². The first-order valence-corrected chi connectivity index (χ1v) is 13.5. The van der Waals surface area contributed by atoms with Crippen molar-refractivity contribution in [2.75, 3.05) is 53.2 Å². The number of Topliss-reactive ketones (excluding diaryl/α,β-unsaturated/α-hetero) is 1. The zero-order valence-corrected chi connectivity index (χ0v) is 22.3. The second-order valence-corrected chi connectivity index (χ2v) is 9.86. The number of nitrogens with zero attached hydrogens (tertiary/aromatic N) is 2. The van der Waals surface area contributed by atoms with Gasteiger partial charge in [0.25, 0.3) is 0 Å². The maximum atomic E-state index is 14.0. The van der Waals surface area contributed by atoms with Gasteiger partial charge < -0.3 is 23.5 Å². The second kappa shape index (κ2) is 12.0. The molecular formula is C30H36N2O6. The molecule has 3 heterocycles. The van der Waals surface area contributed by atoms with Gasteiger partial charge in [-0.2, -0.15) is 0 Å². The molecule has 5 rings (SSSR count). The summed E-state index contributed by atoms with van der Waals surface area (Å²) in [6.07, 6.45) is 4.62. The van der Waals surface area contributed by atoms with E-state index >= 15 is 0 Å². The fourth-order valence-corrected chi connectivity index (χ4v) is 5.22. The molecule has 2 aliphatic heterocycles. The smallest absolute Gasteiger partial charge is 0.201 e. The Kier molecular flexibility index (Phi) is 8.29. The molecule has 0 amide bonds. The Morgan fingerprint density at radius 2 is 1.89 bits per heavy atom. The normalized spacial score (nSPS) is 15.3. The van der Waals surface area contributed by atoms with Crippen molar-refractivity contribution < 1.29 is 23.7 Å². The van der Waals surface area contributed by atoms with Crippen LogP contribution in [0.25, 0.3) is 22.0 Å². The van der Waals surface area contributed by atoms with E-state index in [1.807, 2.05) is 41.8 Å². The molecule has 1 aromatic heterocycles. The first kappa shape index (κ1) is 26.3. The highest BCUT2D eigenvalue weighted by molar-refractivity contribution is 5.96. The monoisotopic (exact) mass is 520 g/mol. The molecule has 38 heavy (non-hydrogen) atoms. The lowest BCUT2D eigenvalue weighted by atomic mass is 10.0. The zero-order valence-electron chi connectivity index (χ0n) is 22.3. The van der Waals surface area contributed by atoms with E-state index < -0.39 is 0 Å². The first-order chi connectivity index (χ1) is 18.6. The molecule has 1 fully saturated rings. The van der Waals surface area contributed by atoms with Crippen LogP contribution in [0.15, 0.2) is 41.3 Å². The van der Waals surface area contributed by atoms with E-state index in [-0.39, 0.29) is 17.8 Å². The van der Waals surface area contributed by atoms with Crippen molar-refractivity contribution >= 4 is 16.7 Å². The Hall–Kier alpha value is -3.36. The maximum absolute atomic E-state index is 14.0. The maximum Gasteiger partial charge on any atom is 0.201 e. The highest BCUT2D eigenvalue weighted by atomic mass is 16.5. The van der Waals surface area contributed by atoms with Crippen molar-refractivity contribution in [3.63, 3.8) is 0 Å². The van der Waals surface area contributed by atoms with Crippen LogP contribution in [0.5, 0.6) is 17.2 Å². The lowest BCUT2D eigenvalue weighted by Crippen LogP contribution is -2.37. The standard InChI is InChI=1S/C30H36N2O6/c1-3-14-37-26-18-22-10-15-38-30(22)27-28(26)32(19-23(33)5-4-11-31-12-16-36-17-13-31)20-25(29(27)34)21-6-8-24(35-2)9-7-21/h6-9,18,20H,3-5,10-17,19H2,1-2H3. The SMILES string of the molecule is CCCOc1cc2c(c3c(=O)c(-c4ccc(OC)cc4)cn(CC(=O)CCCN4CCOCC4)c13)OCC2. The molecule has 0 saturated carbocycles. The van der Waals surface area contributed by atoms with Crippen LogP contribution in [0, 0.1) is 0 Å². The van der Waals surface area contributed by atoms with Crippen LogP contribution in [0.2, 0.25) is 0 Å². The van der Waals surface area contributed by atoms with E-state index in [0.717, 1.165) is 63.2 Å². The summed E-state index contributed by atoms with van der Waals surface area (Å²) in [5.74, 6) is 2.07. The van der Waals surface area contributed by atoms with Gasteiger partial charge in [-0.05, 0) is 43.1 Å². The topological polar surface area (TPSA) is 79.2 Å². The van der Waals surface area contributed by atoms with Crippen molar-refractivity contribution in [2.24, 2.45) is 0 Å². The molecule has 8 heteroatoms. The number of benzene rings is 2. The zero-order chi connectivity index (χ0) is 26.5. The number of hydrogen-bond acceptors (Lipinski definition) is 7. The number of pyridine rings is 1. The van der Waals surface area contributed by atoms with Crippen LogP contribution in [0.3, 0.4) is 0 Å². The van der Waals surface area contributed by atoms with Gasteiger partial charge in [0.2, 0.25) is 5.43 Å². The molecule has 3 aromatic rings. The van der Waals surface area contributed by atoms with E-state index in [0.29, 0.717) is 53.3 Å². The van der Waals surface area contributed by atoms with Gasteiger partial charge in [0, 0.05) is 43.3 Å². The molecule has 2 aliphatic rings. The number of ketones is 1. The number of aromatic nitrogens is 1. The van der Waals surface area contributed by atoms with Gasteiger partial charge >= 0.3 is 0 Å². The van der Waals surface area contributed by atoms with Gasteiger partial charge in [-0.15, -0.1) is 0 Å². The third-order valence-corrected chi connectivity index (χ3v) is 7.20. The molecule has 202 valence electrons. The number of carbonyl (C=O) groups is 1. The van der Waals surface area contributed by atoms with Crippen LogP contribution < -0.4 is 19.6 Å². The number of morpholine rings is 1. The third kappa shape index (κ3) is 5.56. The molecule has 0 spiro atoms. The summed E-state index contributed by atoms with van der Waals surface area (Å²) in [7, 11) is 1.61. The number of methoxy groups -OCH3 is 1. The Labute approximate surface area is 223 Å². The summed E-state index contributed by atoms with van der Waals surface area (Å²) in [6.45, 7) is 7.45. The number of carbonyl (C=O) groups excluding carboxylic acids is 1. The van der Waals surface area contributed by atoms with Crippen molar-refractivity contribution in [2.45, 2.75) is 39.2 Å². The highest BCUT2D eigenvalue weighted by Crippen LogP contribution is 2.39. The number of fused-ring (bicyclic) bond motifs is 3. The molecule has 0 atom stereocenters. The molecule has 0 unspecified atom stereocenters. The number of hydrogen-bond donors (Lipinski definition) is 0. The summed E-state index contributed by atoms with van der Waals surface area (Å²) < 4.78 is 24.7.